The van der Waals surface area contributed by atoms with E-state index in [0.717, 1.165) is 4.57 Å². The minimum atomic E-state index is -0.327. The molecule has 7 nitrogen and oxygen atoms in total. The Bertz CT molecular complexity index is 592. The first-order chi connectivity index (χ1) is 9.43. The van der Waals surface area contributed by atoms with E-state index in [-0.39, 0.29) is 30.0 Å². The summed E-state index contributed by atoms with van der Waals surface area (Å²) in [5.41, 5.74) is 0.0402. The predicted molar refractivity (Wildman–Crippen MR) is 73.6 cm³/mol. The number of aliphatic hydroxyl groups excluding tert-OH is 1. The lowest BCUT2D eigenvalue weighted by Crippen LogP contribution is -2.50. The molecule has 0 aromatic carbocycles. The van der Waals surface area contributed by atoms with Crippen LogP contribution >= 0.6 is 0 Å². The summed E-state index contributed by atoms with van der Waals surface area (Å²) in [6, 6.07) is 1.66. The molecule has 112 valence electrons. The summed E-state index contributed by atoms with van der Waals surface area (Å²) in [5, 5.41) is 9.18. The van der Waals surface area contributed by atoms with Gasteiger partial charge in [-0.15, -0.1) is 0 Å². The van der Waals surface area contributed by atoms with Gasteiger partial charge in [0.25, 0.3) is 5.56 Å². The molecule has 0 amide bonds. The van der Waals surface area contributed by atoms with E-state index in [1.807, 2.05) is 6.92 Å². The SMILES string of the molecule is CC1COC(CO)CN1Cc1cc(=O)n(C)c(=O)n1C. The van der Waals surface area contributed by atoms with E-state index in [0.29, 0.717) is 25.4 Å². The minimum Gasteiger partial charge on any atom is -0.394 e. The number of hydrogen-bond acceptors (Lipinski definition) is 5. The number of rotatable bonds is 3. The van der Waals surface area contributed by atoms with Crippen molar-refractivity contribution < 1.29 is 9.84 Å². The number of ether oxygens (including phenoxy) is 1. The summed E-state index contributed by atoms with van der Waals surface area (Å²) in [7, 11) is 3.12. The summed E-state index contributed by atoms with van der Waals surface area (Å²) >= 11 is 0. The van der Waals surface area contributed by atoms with Crippen LogP contribution in [0, 0.1) is 0 Å². The van der Waals surface area contributed by atoms with Crippen LogP contribution in [0.3, 0.4) is 0 Å². The predicted octanol–water partition coefficient (Wildman–Crippen LogP) is -1.33. The standard InChI is InChI=1S/C13H21N3O4/c1-9-8-20-11(7-17)6-16(9)5-10-4-12(18)15(3)13(19)14(10)2/h4,9,11,17H,5-8H2,1-3H3. The second-order valence-corrected chi connectivity index (χ2v) is 5.29. The van der Waals surface area contributed by atoms with Crippen molar-refractivity contribution in [3.8, 4) is 0 Å². The van der Waals surface area contributed by atoms with Gasteiger partial charge in [-0.05, 0) is 6.92 Å². The molecule has 2 atom stereocenters. The molecular weight excluding hydrogens is 262 g/mol. The van der Waals surface area contributed by atoms with Crippen LogP contribution in [0.15, 0.2) is 15.7 Å². The van der Waals surface area contributed by atoms with Crippen molar-refractivity contribution in [3.05, 3.63) is 32.6 Å². The van der Waals surface area contributed by atoms with Crippen molar-refractivity contribution in [2.75, 3.05) is 19.8 Å². The Kier molecular flexibility index (Phi) is 4.42. The van der Waals surface area contributed by atoms with Crippen LogP contribution < -0.4 is 11.2 Å². The maximum Gasteiger partial charge on any atom is 0.330 e. The zero-order chi connectivity index (χ0) is 14.9. The Hall–Kier alpha value is -1.44. The molecule has 1 N–H and O–H groups in total. The average Bonchev–Trinajstić information content (AvgIpc) is 2.44. The molecule has 7 heteroatoms. The van der Waals surface area contributed by atoms with Crippen molar-refractivity contribution in [2.45, 2.75) is 25.6 Å². The normalized spacial score (nSPS) is 24.0. The minimum absolute atomic E-state index is 0.0291. The van der Waals surface area contributed by atoms with Crippen LogP contribution in [0.2, 0.25) is 0 Å². The zero-order valence-electron chi connectivity index (χ0n) is 12.1. The maximum absolute atomic E-state index is 11.9. The fourth-order valence-electron chi connectivity index (χ4n) is 2.34. The van der Waals surface area contributed by atoms with Crippen molar-refractivity contribution in [1.82, 2.24) is 14.0 Å². The van der Waals surface area contributed by atoms with E-state index in [2.05, 4.69) is 4.90 Å². The molecule has 2 rings (SSSR count). The van der Waals surface area contributed by atoms with Gasteiger partial charge in [-0.25, -0.2) is 4.79 Å². The quantitative estimate of drug-likeness (QED) is 0.743. The van der Waals surface area contributed by atoms with E-state index >= 15 is 0 Å². The average molecular weight is 283 g/mol. The summed E-state index contributed by atoms with van der Waals surface area (Å²) in [5.74, 6) is 0. The number of hydrogen-bond donors (Lipinski definition) is 1. The Morgan fingerprint density at radius 3 is 2.70 bits per heavy atom. The second kappa shape index (κ2) is 5.90. The highest BCUT2D eigenvalue weighted by atomic mass is 16.5. The number of nitrogens with zero attached hydrogens (tertiary/aromatic N) is 3. The van der Waals surface area contributed by atoms with Crippen molar-refractivity contribution in [3.63, 3.8) is 0 Å². The zero-order valence-corrected chi connectivity index (χ0v) is 12.1. The van der Waals surface area contributed by atoms with E-state index < -0.39 is 0 Å². The lowest BCUT2D eigenvalue weighted by Gasteiger charge is -2.37. The molecule has 2 heterocycles. The highest BCUT2D eigenvalue weighted by Crippen LogP contribution is 2.14. The smallest absolute Gasteiger partial charge is 0.330 e. The van der Waals surface area contributed by atoms with Gasteiger partial charge >= 0.3 is 5.69 Å². The van der Waals surface area contributed by atoms with Crippen molar-refractivity contribution in [2.24, 2.45) is 14.1 Å². The monoisotopic (exact) mass is 283 g/mol. The van der Waals surface area contributed by atoms with Crippen LogP contribution in [-0.4, -0.2) is 51.0 Å². The highest BCUT2D eigenvalue weighted by Gasteiger charge is 2.26. The lowest BCUT2D eigenvalue weighted by molar-refractivity contribution is -0.0811. The summed E-state index contributed by atoms with van der Waals surface area (Å²) in [4.78, 5) is 25.7. The largest absolute Gasteiger partial charge is 0.394 e. The van der Waals surface area contributed by atoms with Crippen LogP contribution in [0.1, 0.15) is 12.6 Å². The fraction of sp³-hybridized carbons (Fsp3) is 0.692. The summed E-state index contributed by atoms with van der Waals surface area (Å²) in [6.07, 6.45) is -0.213. The van der Waals surface area contributed by atoms with E-state index in [9.17, 15) is 14.7 Å². The molecule has 1 saturated heterocycles. The molecule has 0 spiro atoms. The molecule has 2 unspecified atom stereocenters. The van der Waals surface area contributed by atoms with E-state index in [1.54, 1.807) is 7.05 Å². The van der Waals surface area contributed by atoms with Gasteiger partial charge in [0.05, 0.1) is 19.3 Å². The number of aromatic nitrogens is 2. The molecule has 1 aromatic heterocycles. The van der Waals surface area contributed by atoms with Gasteiger partial charge in [0.2, 0.25) is 0 Å². The molecular formula is C13H21N3O4. The highest BCUT2D eigenvalue weighted by molar-refractivity contribution is 5.03. The van der Waals surface area contributed by atoms with Gasteiger partial charge in [-0.3, -0.25) is 18.8 Å². The molecule has 0 aliphatic carbocycles. The van der Waals surface area contributed by atoms with E-state index in [1.165, 1.54) is 17.7 Å². The van der Waals surface area contributed by atoms with Gasteiger partial charge in [0.15, 0.2) is 0 Å². The first kappa shape index (κ1) is 15.0. The van der Waals surface area contributed by atoms with Crippen LogP contribution in [-0.2, 0) is 25.4 Å². The van der Waals surface area contributed by atoms with Gasteiger partial charge in [0.1, 0.15) is 0 Å². The van der Waals surface area contributed by atoms with Gasteiger partial charge in [-0.1, -0.05) is 0 Å². The Labute approximate surface area is 117 Å². The Morgan fingerprint density at radius 1 is 1.35 bits per heavy atom. The Morgan fingerprint density at radius 2 is 2.05 bits per heavy atom. The molecule has 0 saturated carbocycles. The maximum atomic E-state index is 11.9. The molecule has 20 heavy (non-hydrogen) atoms. The van der Waals surface area contributed by atoms with E-state index in [4.69, 9.17) is 4.74 Å². The van der Waals surface area contributed by atoms with Crippen molar-refractivity contribution >= 4 is 0 Å². The molecule has 0 bridgehead atoms. The first-order valence-electron chi connectivity index (χ1n) is 6.66. The summed E-state index contributed by atoms with van der Waals surface area (Å²) in [6.45, 7) is 3.60. The third-order valence-corrected chi connectivity index (χ3v) is 3.83. The molecule has 0 radical (unpaired) electrons. The van der Waals surface area contributed by atoms with Crippen LogP contribution in [0.4, 0.5) is 0 Å². The van der Waals surface area contributed by atoms with Gasteiger partial charge in [0, 0.05) is 45.0 Å². The molecule has 1 fully saturated rings. The Balaban J connectivity index is 2.25. The number of morpholine rings is 1. The number of aliphatic hydroxyl groups is 1. The molecule has 1 aliphatic rings. The molecule has 1 aliphatic heterocycles. The van der Waals surface area contributed by atoms with Gasteiger partial charge in [-0.2, -0.15) is 0 Å². The fourth-order valence-corrected chi connectivity index (χ4v) is 2.34. The van der Waals surface area contributed by atoms with Gasteiger partial charge < -0.3 is 9.84 Å². The molecule has 1 aromatic rings. The third kappa shape index (κ3) is 2.84. The van der Waals surface area contributed by atoms with Crippen molar-refractivity contribution in [1.29, 1.82) is 0 Å². The second-order valence-electron chi connectivity index (χ2n) is 5.29. The summed E-state index contributed by atoms with van der Waals surface area (Å²) < 4.78 is 8.05. The topological polar surface area (TPSA) is 76.7 Å². The van der Waals surface area contributed by atoms with Crippen LogP contribution in [0.5, 0.6) is 0 Å². The third-order valence-electron chi connectivity index (χ3n) is 3.83. The first-order valence-corrected chi connectivity index (χ1v) is 6.66. The lowest BCUT2D eigenvalue weighted by atomic mass is 10.2. The van der Waals surface area contributed by atoms with Crippen LogP contribution in [0.25, 0.3) is 0 Å².